The van der Waals surface area contributed by atoms with Crippen LogP contribution in [0, 0.1) is 17.3 Å². The van der Waals surface area contributed by atoms with Crippen molar-refractivity contribution in [3.63, 3.8) is 0 Å². The molecular weight excluding hydrogens is 260 g/mol. The van der Waals surface area contributed by atoms with Crippen molar-refractivity contribution in [1.82, 2.24) is 10.2 Å². The lowest BCUT2D eigenvalue weighted by Gasteiger charge is -2.44. The van der Waals surface area contributed by atoms with Gasteiger partial charge < -0.3 is 15.0 Å². The van der Waals surface area contributed by atoms with Crippen molar-refractivity contribution in [2.75, 3.05) is 40.4 Å². The van der Waals surface area contributed by atoms with E-state index >= 15 is 0 Å². The van der Waals surface area contributed by atoms with Gasteiger partial charge in [-0.25, -0.2) is 0 Å². The fraction of sp³-hybridized carbons (Fsp3) is 1.00. The predicted molar refractivity (Wildman–Crippen MR) is 91.7 cm³/mol. The van der Waals surface area contributed by atoms with Crippen molar-refractivity contribution < 1.29 is 4.74 Å². The van der Waals surface area contributed by atoms with E-state index in [1.807, 2.05) is 0 Å². The van der Waals surface area contributed by atoms with E-state index in [1.165, 1.54) is 32.2 Å². The third kappa shape index (κ3) is 6.25. The van der Waals surface area contributed by atoms with Gasteiger partial charge in [0.05, 0.1) is 6.61 Å². The summed E-state index contributed by atoms with van der Waals surface area (Å²) in [5.41, 5.74) is 0.456. The molecule has 3 heteroatoms. The van der Waals surface area contributed by atoms with Crippen molar-refractivity contribution in [3.8, 4) is 0 Å². The summed E-state index contributed by atoms with van der Waals surface area (Å²) in [6, 6.07) is 0.653. The first-order valence-corrected chi connectivity index (χ1v) is 8.80. The summed E-state index contributed by atoms with van der Waals surface area (Å²) in [5.74, 6) is 1.63. The molecule has 0 bridgehead atoms. The molecule has 0 aromatic rings. The molecule has 1 aliphatic carbocycles. The van der Waals surface area contributed by atoms with Gasteiger partial charge >= 0.3 is 0 Å². The Hall–Kier alpha value is -0.120. The third-order valence-corrected chi connectivity index (χ3v) is 5.56. The van der Waals surface area contributed by atoms with Crippen molar-refractivity contribution in [1.29, 1.82) is 0 Å². The molecule has 21 heavy (non-hydrogen) atoms. The maximum atomic E-state index is 5.16. The fourth-order valence-electron chi connectivity index (χ4n) is 3.48. The number of rotatable bonds is 9. The van der Waals surface area contributed by atoms with Crippen molar-refractivity contribution in [2.45, 2.75) is 59.4 Å². The molecule has 0 aromatic heterocycles. The first-order chi connectivity index (χ1) is 9.90. The lowest BCUT2D eigenvalue weighted by Crippen LogP contribution is -2.48. The highest BCUT2D eigenvalue weighted by Crippen LogP contribution is 2.39. The smallest absolute Gasteiger partial charge is 0.0587 e. The van der Waals surface area contributed by atoms with E-state index < -0.39 is 0 Å². The van der Waals surface area contributed by atoms with E-state index in [-0.39, 0.29) is 0 Å². The van der Waals surface area contributed by atoms with Crippen LogP contribution in [0.15, 0.2) is 0 Å². The van der Waals surface area contributed by atoms with Crippen LogP contribution >= 0.6 is 0 Å². The molecule has 1 aliphatic rings. The molecule has 0 radical (unpaired) electrons. The van der Waals surface area contributed by atoms with Gasteiger partial charge in [-0.2, -0.15) is 0 Å². The molecule has 1 atom stereocenters. The second-order valence-corrected chi connectivity index (χ2v) is 7.75. The number of hydrogen-bond acceptors (Lipinski definition) is 3. The minimum atomic E-state index is 0.456. The van der Waals surface area contributed by atoms with Gasteiger partial charge in [0.2, 0.25) is 0 Å². The van der Waals surface area contributed by atoms with Gasteiger partial charge in [0.15, 0.2) is 0 Å². The summed E-state index contributed by atoms with van der Waals surface area (Å²) >= 11 is 0. The van der Waals surface area contributed by atoms with E-state index in [9.17, 15) is 0 Å². The SMILES string of the molecule is COCCNCC1(CN(C)C(C)C(C)C)CCC(C)CC1. The van der Waals surface area contributed by atoms with Gasteiger partial charge in [-0.3, -0.25) is 0 Å². The topological polar surface area (TPSA) is 24.5 Å². The quantitative estimate of drug-likeness (QED) is 0.660. The van der Waals surface area contributed by atoms with Gasteiger partial charge in [0.25, 0.3) is 0 Å². The molecule has 1 N–H and O–H groups in total. The van der Waals surface area contributed by atoms with E-state index in [0.29, 0.717) is 11.5 Å². The van der Waals surface area contributed by atoms with E-state index in [0.717, 1.165) is 31.5 Å². The minimum Gasteiger partial charge on any atom is -0.383 e. The fourth-order valence-corrected chi connectivity index (χ4v) is 3.48. The van der Waals surface area contributed by atoms with Crippen LogP contribution in [0.1, 0.15) is 53.4 Å². The van der Waals surface area contributed by atoms with Crippen LogP contribution < -0.4 is 5.32 Å². The van der Waals surface area contributed by atoms with Crippen LogP contribution in [0.5, 0.6) is 0 Å². The normalized spacial score (nSPS) is 28.3. The van der Waals surface area contributed by atoms with Crippen LogP contribution in [-0.4, -0.2) is 51.3 Å². The Morgan fingerprint density at radius 3 is 2.38 bits per heavy atom. The van der Waals surface area contributed by atoms with E-state index in [4.69, 9.17) is 4.74 Å². The van der Waals surface area contributed by atoms with Crippen LogP contribution in [0.25, 0.3) is 0 Å². The molecule has 0 aliphatic heterocycles. The highest BCUT2D eigenvalue weighted by molar-refractivity contribution is 4.90. The Labute approximate surface area is 132 Å². The van der Waals surface area contributed by atoms with Crippen LogP contribution in [-0.2, 0) is 4.74 Å². The zero-order chi connectivity index (χ0) is 15.9. The number of ether oxygens (including phenoxy) is 1. The van der Waals surface area contributed by atoms with Crippen molar-refractivity contribution in [2.24, 2.45) is 17.3 Å². The molecular formula is C18H38N2O. The monoisotopic (exact) mass is 298 g/mol. The largest absolute Gasteiger partial charge is 0.383 e. The maximum Gasteiger partial charge on any atom is 0.0587 e. The van der Waals surface area contributed by atoms with Gasteiger partial charge in [0.1, 0.15) is 0 Å². The number of nitrogens with zero attached hydrogens (tertiary/aromatic N) is 1. The summed E-state index contributed by atoms with van der Waals surface area (Å²) in [6.45, 7) is 13.6. The Kier molecular flexibility index (Phi) is 8.22. The molecule has 0 heterocycles. The molecule has 1 rings (SSSR count). The summed E-state index contributed by atoms with van der Waals surface area (Å²) in [4.78, 5) is 2.58. The second-order valence-electron chi connectivity index (χ2n) is 7.75. The molecule has 0 amide bonds. The molecule has 0 spiro atoms. The average Bonchev–Trinajstić information content (AvgIpc) is 2.46. The van der Waals surface area contributed by atoms with Crippen LogP contribution in [0.4, 0.5) is 0 Å². The highest BCUT2D eigenvalue weighted by Gasteiger charge is 2.35. The summed E-state index contributed by atoms with van der Waals surface area (Å²) < 4.78 is 5.16. The lowest BCUT2D eigenvalue weighted by atomic mass is 9.70. The van der Waals surface area contributed by atoms with Gasteiger partial charge in [-0.05, 0) is 44.1 Å². The lowest BCUT2D eigenvalue weighted by molar-refractivity contribution is 0.0693. The first kappa shape index (κ1) is 18.9. The summed E-state index contributed by atoms with van der Waals surface area (Å²) in [5, 5.41) is 3.63. The molecule has 1 unspecified atom stereocenters. The Morgan fingerprint density at radius 1 is 1.24 bits per heavy atom. The zero-order valence-corrected chi connectivity index (χ0v) is 15.2. The number of nitrogens with one attached hydrogen (secondary N) is 1. The van der Waals surface area contributed by atoms with Gasteiger partial charge in [-0.1, -0.05) is 33.6 Å². The molecule has 0 saturated heterocycles. The van der Waals surface area contributed by atoms with Crippen LogP contribution in [0.3, 0.4) is 0 Å². The van der Waals surface area contributed by atoms with Crippen molar-refractivity contribution in [3.05, 3.63) is 0 Å². The summed E-state index contributed by atoms with van der Waals surface area (Å²) in [7, 11) is 4.08. The number of methoxy groups -OCH3 is 1. The van der Waals surface area contributed by atoms with Gasteiger partial charge in [-0.15, -0.1) is 0 Å². The minimum absolute atomic E-state index is 0.456. The Morgan fingerprint density at radius 2 is 1.86 bits per heavy atom. The van der Waals surface area contributed by atoms with Crippen LogP contribution in [0.2, 0.25) is 0 Å². The van der Waals surface area contributed by atoms with E-state index in [1.54, 1.807) is 7.11 Å². The second kappa shape index (κ2) is 9.12. The molecule has 0 aromatic carbocycles. The van der Waals surface area contributed by atoms with Gasteiger partial charge in [0, 0.05) is 32.8 Å². The molecule has 1 fully saturated rings. The Balaban J connectivity index is 2.59. The molecule has 1 saturated carbocycles. The predicted octanol–water partition coefficient (Wildman–Crippen LogP) is 3.40. The summed E-state index contributed by atoms with van der Waals surface area (Å²) in [6.07, 6.45) is 5.50. The van der Waals surface area contributed by atoms with Crippen molar-refractivity contribution >= 4 is 0 Å². The number of hydrogen-bond donors (Lipinski definition) is 1. The molecule has 3 nitrogen and oxygen atoms in total. The Bertz CT molecular complexity index is 272. The highest BCUT2D eigenvalue weighted by atomic mass is 16.5. The third-order valence-electron chi connectivity index (χ3n) is 5.56. The van der Waals surface area contributed by atoms with E-state index in [2.05, 4.69) is 45.0 Å². The molecule has 126 valence electrons. The maximum absolute atomic E-state index is 5.16. The zero-order valence-electron chi connectivity index (χ0n) is 15.2. The standard InChI is InChI=1S/C18H38N2O/c1-15(2)17(4)20(5)14-18(13-19-11-12-21-6)9-7-16(3)8-10-18/h15-17,19H,7-14H2,1-6H3. The first-order valence-electron chi connectivity index (χ1n) is 8.80. The average molecular weight is 299 g/mol.